The predicted molar refractivity (Wildman–Crippen MR) is 98.9 cm³/mol. The minimum Gasteiger partial charge on any atom is -0.465 e. The Bertz CT molecular complexity index is 855. The van der Waals surface area contributed by atoms with Crippen LogP contribution in [0, 0.1) is 5.82 Å². The summed E-state index contributed by atoms with van der Waals surface area (Å²) in [7, 11) is 1.25. The van der Waals surface area contributed by atoms with Gasteiger partial charge < -0.3 is 15.0 Å². The van der Waals surface area contributed by atoms with E-state index in [0.717, 1.165) is 0 Å². The average molecular weight is 393 g/mol. The van der Waals surface area contributed by atoms with Crippen LogP contribution in [0.3, 0.4) is 0 Å². The van der Waals surface area contributed by atoms with E-state index in [4.69, 9.17) is 11.6 Å². The third kappa shape index (κ3) is 5.79. The molecule has 2 rings (SSSR count). The third-order valence-electron chi connectivity index (χ3n) is 3.73. The minimum atomic E-state index is -0.566. The molecule has 0 spiro atoms. The van der Waals surface area contributed by atoms with Crippen LogP contribution < -0.4 is 5.32 Å². The van der Waals surface area contributed by atoms with Crippen molar-refractivity contribution >= 4 is 35.1 Å². The molecule has 0 aliphatic rings. The molecule has 0 aliphatic heterocycles. The van der Waals surface area contributed by atoms with Crippen LogP contribution in [0.4, 0.5) is 10.1 Å². The second-order valence-corrected chi connectivity index (χ2v) is 6.14. The SMILES string of the molecule is COC(=O)c1ccc(Cl)c(NC(=O)CN(Cc2ccc(F)cc2)C(C)=O)c1. The summed E-state index contributed by atoms with van der Waals surface area (Å²) >= 11 is 6.05. The van der Waals surface area contributed by atoms with Crippen molar-refractivity contribution in [1.82, 2.24) is 4.90 Å². The second-order valence-electron chi connectivity index (χ2n) is 5.74. The summed E-state index contributed by atoms with van der Waals surface area (Å²) in [4.78, 5) is 37.1. The highest BCUT2D eigenvalue weighted by atomic mass is 35.5. The van der Waals surface area contributed by atoms with Gasteiger partial charge in [-0.15, -0.1) is 0 Å². The fourth-order valence-electron chi connectivity index (χ4n) is 2.32. The Balaban J connectivity index is 2.08. The van der Waals surface area contributed by atoms with Crippen LogP contribution in [0.15, 0.2) is 42.5 Å². The lowest BCUT2D eigenvalue weighted by Gasteiger charge is -2.21. The Morgan fingerprint density at radius 3 is 2.41 bits per heavy atom. The van der Waals surface area contributed by atoms with E-state index in [1.165, 1.54) is 49.3 Å². The molecule has 8 heteroatoms. The van der Waals surface area contributed by atoms with Crippen molar-refractivity contribution in [3.8, 4) is 0 Å². The van der Waals surface area contributed by atoms with E-state index >= 15 is 0 Å². The number of hydrogen-bond donors (Lipinski definition) is 1. The quantitative estimate of drug-likeness (QED) is 0.766. The van der Waals surface area contributed by atoms with Gasteiger partial charge in [0.25, 0.3) is 0 Å². The van der Waals surface area contributed by atoms with Crippen molar-refractivity contribution in [2.45, 2.75) is 13.5 Å². The van der Waals surface area contributed by atoms with Crippen LogP contribution in [-0.2, 0) is 20.9 Å². The molecule has 0 bridgehead atoms. The van der Waals surface area contributed by atoms with Crippen molar-refractivity contribution in [2.75, 3.05) is 19.0 Å². The van der Waals surface area contributed by atoms with Gasteiger partial charge in [0.1, 0.15) is 12.4 Å². The molecule has 0 atom stereocenters. The maximum absolute atomic E-state index is 13.0. The Labute approximate surface area is 160 Å². The normalized spacial score (nSPS) is 10.2. The van der Waals surface area contributed by atoms with Gasteiger partial charge in [-0.05, 0) is 35.9 Å². The molecule has 142 valence electrons. The molecule has 1 N–H and O–H groups in total. The van der Waals surface area contributed by atoms with Crippen molar-refractivity contribution in [1.29, 1.82) is 0 Å². The highest BCUT2D eigenvalue weighted by Crippen LogP contribution is 2.23. The number of carbonyl (C=O) groups is 3. The van der Waals surface area contributed by atoms with E-state index in [9.17, 15) is 18.8 Å². The van der Waals surface area contributed by atoms with Crippen LogP contribution in [-0.4, -0.2) is 36.3 Å². The highest BCUT2D eigenvalue weighted by Gasteiger charge is 2.16. The molecule has 0 fully saturated rings. The molecule has 0 aliphatic carbocycles. The zero-order valence-electron chi connectivity index (χ0n) is 14.8. The van der Waals surface area contributed by atoms with Crippen molar-refractivity contribution in [2.24, 2.45) is 0 Å². The molecule has 0 saturated heterocycles. The first-order valence-electron chi connectivity index (χ1n) is 7.98. The van der Waals surface area contributed by atoms with Gasteiger partial charge in [-0.2, -0.15) is 0 Å². The van der Waals surface area contributed by atoms with Crippen molar-refractivity contribution in [3.05, 3.63) is 64.4 Å². The Morgan fingerprint density at radius 2 is 1.81 bits per heavy atom. The standard InChI is InChI=1S/C19H18ClFN2O4/c1-12(24)23(10-13-3-6-15(21)7-4-13)11-18(25)22-17-9-14(19(26)27-2)5-8-16(17)20/h3-9H,10-11H2,1-2H3,(H,22,25). The number of amides is 2. The van der Waals surface area contributed by atoms with Crippen molar-refractivity contribution in [3.63, 3.8) is 0 Å². The Morgan fingerprint density at radius 1 is 1.15 bits per heavy atom. The van der Waals surface area contributed by atoms with Crippen LogP contribution >= 0.6 is 11.6 Å². The lowest BCUT2D eigenvalue weighted by atomic mass is 10.2. The summed E-state index contributed by atoms with van der Waals surface area (Å²) in [6.45, 7) is 1.26. The van der Waals surface area contributed by atoms with Gasteiger partial charge >= 0.3 is 5.97 Å². The summed E-state index contributed by atoms with van der Waals surface area (Å²) in [6.07, 6.45) is 0. The third-order valence-corrected chi connectivity index (χ3v) is 4.06. The number of benzene rings is 2. The fourth-order valence-corrected chi connectivity index (χ4v) is 2.48. The molecular formula is C19H18ClFN2O4. The summed E-state index contributed by atoms with van der Waals surface area (Å²) in [6, 6.07) is 9.98. The Kier molecular flexibility index (Phi) is 6.90. The number of esters is 1. The molecule has 27 heavy (non-hydrogen) atoms. The molecule has 0 aromatic heterocycles. The van der Waals surface area contributed by atoms with Gasteiger partial charge in [-0.25, -0.2) is 9.18 Å². The van der Waals surface area contributed by atoms with E-state index in [-0.39, 0.29) is 41.1 Å². The van der Waals surface area contributed by atoms with Crippen LogP contribution in [0.1, 0.15) is 22.8 Å². The molecule has 0 saturated carbocycles. The number of rotatable bonds is 6. The molecule has 2 aromatic carbocycles. The summed E-state index contributed by atoms with van der Waals surface area (Å²) in [5, 5.41) is 2.82. The number of ether oxygens (including phenoxy) is 1. The largest absolute Gasteiger partial charge is 0.465 e. The van der Waals surface area contributed by atoms with E-state index in [1.807, 2.05) is 0 Å². The first kappa shape index (κ1) is 20.4. The van der Waals surface area contributed by atoms with E-state index < -0.39 is 11.9 Å². The smallest absolute Gasteiger partial charge is 0.337 e. The van der Waals surface area contributed by atoms with Gasteiger partial charge in [-0.1, -0.05) is 23.7 Å². The number of anilines is 1. The van der Waals surface area contributed by atoms with E-state index in [2.05, 4.69) is 10.1 Å². The first-order chi connectivity index (χ1) is 12.8. The molecule has 0 radical (unpaired) electrons. The lowest BCUT2D eigenvalue weighted by Crippen LogP contribution is -2.36. The molecule has 6 nitrogen and oxygen atoms in total. The number of hydrogen-bond acceptors (Lipinski definition) is 4. The highest BCUT2D eigenvalue weighted by molar-refractivity contribution is 6.33. The van der Waals surface area contributed by atoms with Crippen molar-refractivity contribution < 1.29 is 23.5 Å². The minimum absolute atomic E-state index is 0.152. The van der Waals surface area contributed by atoms with Gasteiger partial charge in [0.2, 0.25) is 11.8 Å². The number of nitrogens with one attached hydrogen (secondary N) is 1. The van der Waals surface area contributed by atoms with Gasteiger partial charge in [-0.3, -0.25) is 9.59 Å². The van der Waals surface area contributed by atoms with Crippen LogP contribution in [0.25, 0.3) is 0 Å². The van der Waals surface area contributed by atoms with E-state index in [1.54, 1.807) is 12.1 Å². The number of methoxy groups -OCH3 is 1. The summed E-state index contributed by atoms with van der Waals surface area (Å²) in [5.74, 6) is -1.75. The zero-order chi connectivity index (χ0) is 20.0. The predicted octanol–water partition coefficient (Wildman–Crippen LogP) is 3.25. The number of nitrogens with zero attached hydrogens (tertiary/aromatic N) is 1. The Hall–Kier alpha value is -2.93. The van der Waals surface area contributed by atoms with Gasteiger partial charge in [0.15, 0.2) is 0 Å². The van der Waals surface area contributed by atoms with Gasteiger partial charge in [0.05, 0.1) is 23.4 Å². The molecule has 2 aromatic rings. The maximum atomic E-state index is 13.0. The van der Waals surface area contributed by atoms with E-state index in [0.29, 0.717) is 5.56 Å². The van der Waals surface area contributed by atoms with Gasteiger partial charge in [0, 0.05) is 13.5 Å². The zero-order valence-corrected chi connectivity index (χ0v) is 15.5. The molecule has 0 unspecified atom stereocenters. The average Bonchev–Trinajstić information content (AvgIpc) is 2.64. The summed E-state index contributed by atoms with van der Waals surface area (Å²) in [5.41, 5.74) is 1.15. The lowest BCUT2D eigenvalue weighted by molar-refractivity contribution is -0.133. The fraction of sp³-hybridized carbons (Fsp3) is 0.211. The number of halogens is 2. The number of carbonyl (C=O) groups excluding carboxylic acids is 3. The monoisotopic (exact) mass is 392 g/mol. The molecule has 0 heterocycles. The molecule has 2 amide bonds. The summed E-state index contributed by atoms with van der Waals surface area (Å²) < 4.78 is 17.6. The van der Waals surface area contributed by atoms with Crippen LogP contribution in [0.2, 0.25) is 5.02 Å². The second kappa shape index (κ2) is 9.14. The molecular weight excluding hydrogens is 375 g/mol. The maximum Gasteiger partial charge on any atom is 0.337 e. The first-order valence-corrected chi connectivity index (χ1v) is 8.35. The topological polar surface area (TPSA) is 75.7 Å². The van der Waals surface area contributed by atoms with Crippen LogP contribution in [0.5, 0.6) is 0 Å².